The van der Waals surface area contributed by atoms with Crippen molar-refractivity contribution >= 4 is 27.7 Å². The summed E-state index contributed by atoms with van der Waals surface area (Å²) in [4.78, 5) is 11.7. The van der Waals surface area contributed by atoms with Crippen molar-refractivity contribution in [2.24, 2.45) is 0 Å². The molecule has 0 saturated carbocycles. The van der Waals surface area contributed by atoms with Crippen LogP contribution in [0.2, 0.25) is 0 Å². The highest BCUT2D eigenvalue weighted by Crippen LogP contribution is 2.25. The molecule has 1 heterocycles. The van der Waals surface area contributed by atoms with Gasteiger partial charge in [0.25, 0.3) is 0 Å². The second-order valence-corrected chi connectivity index (χ2v) is 6.01. The summed E-state index contributed by atoms with van der Waals surface area (Å²) in [6.07, 6.45) is -0.519. The van der Waals surface area contributed by atoms with Gasteiger partial charge in [-0.15, -0.1) is 10.2 Å². The van der Waals surface area contributed by atoms with Gasteiger partial charge in [0.1, 0.15) is 5.60 Å². The Bertz CT molecular complexity index is 607. The molecule has 20 heavy (non-hydrogen) atoms. The molecule has 2 N–H and O–H groups in total. The summed E-state index contributed by atoms with van der Waals surface area (Å²) in [6.45, 7) is 5.41. The van der Waals surface area contributed by atoms with E-state index in [-0.39, 0.29) is 0 Å². The maximum Gasteiger partial charge on any atom is 0.412 e. The largest absolute Gasteiger partial charge is 0.444 e. The number of nitrogens with one attached hydrogen (secondary N) is 2. The van der Waals surface area contributed by atoms with Crippen LogP contribution in [0.3, 0.4) is 0 Å². The van der Waals surface area contributed by atoms with Crippen molar-refractivity contribution in [2.75, 3.05) is 5.32 Å². The molecule has 2 aromatic rings. The van der Waals surface area contributed by atoms with Crippen molar-refractivity contribution in [1.82, 2.24) is 20.6 Å². The quantitative estimate of drug-likeness (QED) is 0.877. The number of aromatic nitrogens is 4. The number of anilines is 1. The molecule has 0 spiro atoms. The summed E-state index contributed by atoms with van der Waals surface area (Å²) in [6, 6.07) is 5.32. The monoisotopic (exact) mass is 339 g/mol. The van der Waals surface area contributed by atoms with E-state index in [0.717, 1.165) is 10.0 Å². The number of hydrogen-bond donors (Lipinski definition) is 2. The number of ether oxygens (including phenoxy) is 1. The van der Waals surface area contributed by atoms with E-state index in [1.807, 2.05) is 6.07 Å². The van der Waals surface area contributed by atoms with E-state index >= 15 is 0 Å². The number of nitrogens with zero attached hydrogens (tertiary/aromatic N) is 3. The van der Waals surface area contributed by atoms with Crippen LogP contribution in [-0.4, -0.2) is 32.3 Å². The Morgan fingerprint density at radius 3 is 2.70 bits per heavy atom. The minimum Gasteiger partial charge on any atom is -0.444 e. The van der Waals surface area contributed by atoms with Gasteiger partial charge in [-0.2, -0.15) is 5.21 Å². The van der Waals surface area contributed by atoms with E-state index < -0.39 is 11.7 Å². The molecule has 8 heteroatoms. The summed E-state index contributed by atoms with van der Waals surface area (Å²) in [7, 11) is 0. The first-order valence-corrected chi connectivity index (χ1v) is 6.67. The van der Waals surface area contributed by atoms with Gasteiger partial charge in [0.05, 0.1) is 0 Å². The van der Waals surface area contributed by atoms with Crippen LogP contribution < -0.4 is 5.32 Å². The van der Waals surface area contributed by atoms with Crippen LogP contribution in [0, 0.1) is 0 Å². The lowest BCUT2D eigenvalue weighted by Crippen LogP contribution is -2.27. The van der Waals surface area contributed by atoms with Gasteiger partial charge in [-0.05, 0) is 44.2 Å². The molecule has 2 rings (SSSR count). The number of rotatable bonds is 2. The molecule has 1 aromatic carbocycles. The molecule has 7 nitrogen and oxygen atoms in total. The standard InChI is InChI=1S/C12H14BrN5O2/c1-12(2,3)20-11(19)14-9-5-7(4-8(13)6-9)10-15-17-18-16-10/h4-6H,1-3H3,(H,14,19)(H,15,16,17,18). The van der Waals surface area contributed by atoms with Crippen LogP contribution in [0.15, 0.2) is 22.7 Å². The smallest absolute Gasteiger partial charge is 0.412 e. The van der Waals surface area contributed by atoms with Crippen LogP contribution in [0.4, 0.5) is 10.5 Å². The number of aromatic amines is 1. The molecule has 1 aromatic heterocycles. The van der Waals surface area contributed by atoms with Crippen molar-refractivity contribution in [2.45, 2.75) is 26.4 Å². The number of benzene rings is 1. The molecule has 0 bridgehead atoms. The zero-order valence-electron chi connectivity index (χ0n) is 11.3. The summed E-state index contributed by atoms with van der Waals surface area (Å²) >= 11 is 3.37. The molecule has 0 atom stereocenters. The van der Waals surface area contributed by atoms with E-state index in [1.54, 1.807) is 32.9 Å². The molecule has 0 fully saturated rings. The SMILES string of the molecule is CC(C)(C)OC(=O)Nc1cc(Br)cc(-c2nn[nH]n2)c1. The third-order valence-corrected chi connectivity index (χ3v) is 2.60. The van der Waals surface area contributed by atoms with Gasteiger partial charge >= 0.3 is 6.09 Å². The van der Waals surface area contributed by atoms with Gasteiger partial charge < -0.3 is 4.74 Å². The molecule has 0 saturated heterocycles. The third kappa shape index (κ3) is 4.02. The second kappa shape index (κ2) is 5.58. The van der Waals surface area contributed by atoms with Crippen LogP contribution in [0.1, 0.15) is 20.8 Å². The fourth-order valence-electron chi connectivity index (χ4n) is 1.50. The van der Waals surface area contributed by atoms with Gasteiger partial charge in [0, 0.05) is 15.7 Å². The van der Waals surface area contributed by atoms with E-state index in [2.05, 4.69) is 41.9 Å². The maximum absolute atomic E-state index is 11.7. The average Bonchev–Trinajstić information content (AvgIpc) is 2.78. The molecule has 0 unspecified atom stereocenters. The Labute approximate surface area is 124 Å². The Morgan fingerprint density at radius 1 is 1.35 bits per heavy atom. The van der Waals surface area contributed by atoms with E-state index in [9.17, 15) is 4.79 Å². The highest BCUT2D eigenvalue weighted by Gasteiger charge is 2.16. The molecule has 1 amide bonds. The van der Waals surface area contributed by atoms with Crippen molar-refractivity contribution in [3.8, 4) is 11.4 Å². The molecule has 0 aliphatic carbocycles. The fraction of sp³-hybridized carbons (Fsp3) is 0.333. The number of carbonyl (C=O) groups is 1. The lowest BCUT2D eigenvalue weighted by atomic mass is 10.2. The van der Waals surface area contributed by atoms with Crippen molar-refractivity contribution in [1.29, 1.82) is 0 Å². The van der Waals surface area contributed by atoms with Gasteiger partial charge in [-0.3, -0.25) is 5.32 Å². The highest BCUT2D eigenvalue weighted by molar-refractivity contribution is 9.10. The van der Waals surface area contributed by atoms with Gasteiger partial charge in [-0.1, -0.05) is 15.9 Å². The summed E-state index contributed by atoms with van der Waals surface area (Å²) < 4.78 is 5.98. The third-order valence-electron chi connectivity index (χ3n) is 2.15. The predicted molar refractivity (Wildman–Crippen MR) is 77.2 cm³/mol. The fourth-order valence-corrected chi connectivity index (χ4v) is 1.99. The highest BCUT2D eigenvalue weighted by atomic mass is 79.9. The van der Waals surface area contributed by atoms with Crippen LogP contribution in [0.25, 0.3) is 11.4 Å². The first kappa shape index (κ1) is 14.4. The molecular formula is C12H14BrN5O2. The number of tetrazole rings is 1. The van der Waals surface area contributed by atoms with Crippen LogP contribution in [0.5, 0.6) is 0 Å². The molecule has 0 radical (unpaired) electrons. The molecular weight excluding hydrogens is 326 g/mol. The zero-order valence-corrected chi connectivity index (χ0v) is 12.9. The number of halogens is 1. The van der Waals surface area contributed by atoms with Crippen molar-refractivity contribution < 1.29 is 9.53 Å². The first-order valence-electron chi connectivity index (χ1n) is 5.88. The number of hydrogen-bond acceptors (Lipinski definition) is 5. The zero-order chi connectivity index (χ0) is 14.8. The topological polar surface area (TPSA) is 92.8 Å². The summed E-state index contributed by atoms with van der Waals surface area (Å²) in [5, 5.41) is 16.3. The maximum atomic E-state index is 11.7. The van der Waals surface area contributed by atoms with E-state index in [0.29, 0.717) is 11.5 Å². The Hall–Kier alpha value is -1.96. The lowest BCUT2D eigenvalue weighted by Gasteiger charge is -2.19. The Morgan fingerprint density at radius 2 is 2.10 bits per heavy atom. The molecule has 0 aliphatic rings. The summed E-state index contributed by atoms with van der Waals surface area (Å²) in [5.41, 5.74) is 0.750. The first-order chi connectivity index (χ1) is 9.33. The Balaban J connectivity index is 2.19. The molecule has 106 valence electrons. The minimum atomic E-state index is -0.549. The normalized spacial score (nSPS) is 11.2. The molecule has 0 aliphatic heterocycles. The van der Waals surface area contributed by atoms with Gasteiger partial charge in [0.15, 0.2) is 0 Å². The van der Waals surface area contributed by atoms with Crippen LogP contribution >= 0.6 is 15.9 Å². The number of amides is 1. The Kier molecular flexibility index (Phi) is 4.03. The lowest BCUT2D eigenvalue weighted by molar-refractivity contribution is 0.0636. The van der Waals surface area contributed by atoms with Crippen molar-refractivity contribution in [3.63, 3.8) is 0 Å². The van der Waals surface area contributed by atoms with E-state index in [1.165, 1.54) is 0 Å². The number of H-pyrrole nitrogens is 1. The van der Waals surface area contributed by atoms with Gasteiger partial charge in [-0.25, -0.2) is 4.79 Å². The number of carbonyl (C=O) groups excluding carboxylic acids is 1. The average molecular weight is 340 g/mol. The van der Waals surface area contributed by atoms with Crippen molar-refractivity contribution in [3.05, 3.63) is 22.7 Å². The van der Waals surface area contributed by atoms with Gasteiger partial charge in [0.2, 0.25) is 5.82 Å². The minimum absolute atomic E-state index is 0.443. The summed E-state index contributed by atoms with van der Waals surface area (Å²) in [5.74, 6) is 0.443. The van der Waals surface area contributed by atoms with E-state index in [4.69, 9.17) is 4.74 Å². The second-order valence-electron chi connectivity index (χ2n) is 5.09. The van der Waals surface area contributed by atoms with Crippen LogP contribution in [-0.2, 0) is 4.74 Å². The predicted octanol–water partition coefficient (Wildman–Crippen LogP) is 2.98.